The average molecular weight is 211 g/mol. The number of nitrogens with zero attached hydrogens (tertiary/aromatic N) is 1. The molecule has 0 aromatic carbocycles. The highest BCUT2D eigenvalue weighted by Crippen LogP contribution is 2.53. The lowest BCUT2D eigenvalue weighted by Gasteiger charge is -2.49. The van der Waals surface area contributed by atoms with E-state index in [-0.39, 0.29) is 5.41 Å². The molecule has 0 unspecified atom stereocenters. The van der Waals surface area contributed by atoms with E-state index in [1.165, 1.54) is 19.3 Å². The number of carboxylic acid groups (broad SMARTS) is 1. The molecule has 2 fully saturated rings. The van der Waals surface area contributed by atoms with Crippen molar-refractivity contribution in [1.29, 1.82) is 0 Å². The van der Waals surface area contributed by atoms with Gasteiger partial charge in [-0.05, 0) is 57.2 Å². The van der Waals surface area contributed by atoms with E-state index >= 15 is 0 Å². The van der Waals surface area contributed by atoms with E-state index in [4.69, 9.17) is 5.11 Å². The van der Waals surface area contributed by atoms with Crippen LogP contribution in [-0.2, 0) is 4.79 Å². The molecular weight excluding hydrogens is 190 g/mol. The lowest BCUT2D eigenvalue weighted by molar-refractivity contribution is -0.144. The van der Waals surface area contributed by atoms with Crippen molar-refractivity contribution < 1.29 is 9.90 Å². The van der Waals surface area contributed by atoms with Gasteiger partial charge in [0.15, 0.2) is 0 Å². The van der Waals surface area contributed by atoms with E-state index in [1.54, 1.807) is 0 Å². The van der Waals surface area contributed by atoms with E-state index in [0.717, 1.165) is 25.9 Å². The van der Waals surface area contributed by atoms with Crippen LogP contribution in [-0.4, -0.2) is 36.1 Å². The number of carboxylic acids is 1. The van der Waals surface area contributed by atoms with Crippen LogP contribution < -0.4 is 0 Å². The predicted octanol–water partition coefficient (Wildman–Crippen LogP) is 1.97. The second-order valence-corrected chi connectivity index (χ2v) is 5.36. The Morgan fingerprint density at radius 3 is 2.40 bits per heavy atom. The molecule has 15 heavy (non-hydrogen) atoms. The van der Waals surface area contributed by atoms with E-state index in [0.29, 0.717) is 12.3 Å². The molecule has 86 valence electrons. The number of carbonyl (C=O) groups is 1. The molecule has 2 aliphatic rings. The summed E-state index contributed by atoms with van der Waals surface area (Å²) in [5.74, 6) is 0.0622. The monoisotopic (exact) mass is 211 g/mol. The molecule has 0 aromatic heterocycles. The van der Waals surface area contributed by atoms with Crippen LogP contribution in [0.3, 0.4) is 0 Å². The van der Waals surface area contributed by atoms with E-state index < -0.39 is 5.97 Å². The lowest BCUT2D eigenvalue weighted by atomic mass is 9.57. The molecule has 1 saturated carbocycles. The summed E-state index contributed by atoms with van der Waals surface area (Å²) in [4.78, 5) is 13.3. The lowest BCUT2D eigenvalue weighted by Crippen LogP contribution is -2.44. The van der Waals surface area contributed by atoms with Gasteiger partial charge in [0.1, 0.15) is 0 Å². The summed E-state index contributed by atoms with van der Waals surface area (Å²) in [5, 5.41) is 8.99. The first kappa shape index (κ1) is 10.9. The Labute approximate surface area is 91.5 Å². The Bertz CT molecular complexity index is 240. The second kappa shape index (κ2) is 4.12. The van der Waals surface area contributed by atoms with Crippen LogP contribution in [0, 0.1) is 11.3 Å². The maximum Gasteiger partial charge on any atom is 0.303 e. The van der Waals surface area contributed by atoms with Crippen LogP contribution in [0.25, 0.3) is 0 Å². The maximum absolute atomic E-state index is 10.9. The van der Waals surface area contributed by atoms with Crippen LogP contribution in [0.2, 0.25) is 0 Å². The van der Waals surface area contributed by atoms with Crippen molar-refractivity contribution in [1.82, 2.24) is 4.90 Å². The number of rotatable bonds is 3. The molecule has 1 N–H and O–H groups in total. The molecular formula is C12H21NO2. The summed E-state index contributed by atoms with van der Waals surface area (Å²) >= 11 is 0. The van der Waals surface area contributed by atoms with Crippen molar-refractivity contribution in [2.45, 2.75) is 38.5 Å². The zero-order valence-corrected chi connectivity index (χ0v) is 9.54. The third-order valence-corrected chi connectivity index (χ3v) is 4.44. The summed E-state index contributed by atoms with van der Waals surface area (Å²) in [6, 6.07) is 0. The van der Waals surface area contributed by atoms with Crippen LogP contribution in [0.5, 0.6) is 0 Å². The van der Waals surface area contributed by atoms with Gasteiger partial charge in [0, 0.05) is 0 Å². The summed E-state index contributed by atoms with van der Waals surface area (Å²) < 4.78 is 0. The third kappa shape index (κ3) is 2.17. The van der Waals surface area contributed by atoms with Gasteiger partial charge in [0.2, 0.25) is 0 Å². The van der Waals surface area contributed by atoms with Crippen molar-refractivity contribution in [2.75, 3.05) is 20.1 Å². The molecule has 1 aliphatic carbocycles. The predicted molar refractivity (Wildman–Crippen MR) is 58.8 cm³/mol. The molecule has 0 atom stereocenters. The zero-order chi connectivity index (χ0) is 10.9. The van der Waals surface area contributed by atoms with Crippen molar-refractivity contribution in [2.24, 2.45) is 11.3 Å². The largest absolute Gasteiger partial charge is 0.481 e. The molecule has 3 heteroatoms. The molecule has 0 bridgehead atoms. The van der Waals surface area contributed by atoms with Gasteiger partial charge in [-0.1, -0.05) is 6.42 Å². The Kier molecular flexibility index (Phi) is 3.01. The highest BCUT2D eigenvalue weighted by atomic mass is 16.4. The van der Waals surface area contributed by atoms with E-state index in [9.17, 15) is 4.79 Å². The van der Waals surface area contributed by atoms with Crippen molar-refractivity contribution in [3.05, 3.63) is 0 Å². The smallest absolute Gasteiger partial charge is 0.303 e. The molecule has 0 aromatic rings. The highest BCUT2D eigenvalue weighted by Gasteiger charge is 2.45. The summed E-state index contributed by atoms with van der Waals surface area (Å²) in [6.07, 6.45) is 6.33. The van der Waals surface area contributed by atoms with Gasteiger partial charge < -0.3 is 10.0 Å². The van der Waals surface area contributed by atoms with Crippen molar-refractivity contribution >= 4 is 5.97 Å². The summed E-state index contributed by atoms with van der Waals surface area (Å²) in [5.41, 5.74) is 0.174. The SMILES string of the molecule is CN1CCC(C2(CC(=O)O)CCC2)CC1. The summed E-state index contributed by atoms with van der Waals surface area (Å²) in [6.45, 7) is 2.29. The Morgan fingerprint density at radius 1 is 1.40 bits per heavy atom. The average Bonchev–Trinajstić information content (AvgIpc) is 2.13. The van der Waals surface area contributed by atoms with Crippen LogP contribution in [0.1, 0.15) is 38.5 Å². The van der Waals surface area contributed by atoms with E-state index in [1.807, 2.05) is 0 Å². The molecule has 0 radical (unpaired) electrons. The maximum atomic E-state index is 10.9. The molecule has 0 amide bonds. The molecule has 1 aliphatic heterocycles. The fraction of sp³-hybridized carbons (Fsp3) is 0.917. The Balaban J connectivity index is 1.97. The van der Waals surface area contributed by atoms with Crippen molar-refractivity contribution in [3.63, 3.8) is 0 Å². The van der Waals surface area contributed by atoms with Gasteiger partial charge in [-0.3, -0.25) is 4.79 Å². The minimum Gasteiger partial charge on any atom is -0.481 e. The fourth-order valence-electron chi connectivity index (χ4n) is 3.28. The zero-order valence-electron chi connectivity index (χ0n) is 9.54. The number of piperidine rings is 1. The number of hydrogen-bond acceptors (Lipinski definition) is 2. The summed E-state index contributed by atoms with van der Waals surface area (Å²) in [7, 11) is 2.15. The number of hydrogen-bond donors (Lipinski definition) is 1. The topological polar surface area (TPSA) is 40.5 Å². The van der Waals surface area contributed by atoms with Gasteiger partial charge in [0.05, 0.1) is 6.42 Å². The number of aliphatic carboxylic acids is 1. The van der Waals surface area contributed by atoms with Gasteiger partial charge >= 0.3 is 5.97 Å². The van der Waals surface area contributed by atoms with Gasteiger partial charge in [-0.25, -0.2) is 0 Å². The molecule has 1 saturated heterocycles. The van der Waals surface area contributed by atoms with Crippen molar-refractivity contribution in [3.8, 4) is 0 Å². The standard InChI is InChI=1S/C12H21NO2/c1-13-7-3-10(4-8-13)12(5-2-6-12)9-11(14)15/h10H,2-9H2,1H3,(H,14,15). The first-order valence-electron chi connectivity index (χ1n) is 6.03. The second-order valence-electron chi connectivity index (χ2n) is 5.36. The quantitative estimate of drug-likeness (QED) is 0.776. The molecule has 3 nitrogen and oxygen atoms in total. The van der Waals surface area contributed by atoms with Gasteiger partial charge in [-0.2, -0.15) is 0 Å². The van der Waals surface area contributed by atoms with Gasteiger partial charge in [0.25, 0.3) is 0 Å². The molecule has 1 heterocycles. The van der Waals surface area contributed by atoms with Crippen LogP contribution >= 0.6 is 0 Å². The van der Waals surface area contributed by atoms with Crippen LogP contribution in [0.15, 0.2) is 0 Å². The Morgan fingerprint density at radius 2 is 2.00 bits per heavy atom. The first-order chi connectivity index (χ1) is 7.12. The highest BCUT2D eigenvalue weighted by molar-refractivity contribution is 5.68. The minimum atomic E-state index is -0.603. The normalized spacial score (nSPS) is 27.3. The molecule has 0 spiro atoms. The van der Waals surface area contributed by atoms with Gasteiger partial charge in [-0.15, -0.1) is 0 Å². The molecule has 2 rings (SSSR count). The Hall–Kier alpha value is -0.570. The first-order valence-corrected chi connectivity index (χ1v) is 6.03. The van der Waals surface area contributed by atoms with Crippen LogP contribution in [0.4, 0.5) is 0 Å². The number of likely N-dealkylation sites (tertiary alicyclic amines) is 1. The third-order valence-electron chi connectivity index (χ3n) is 4.44. The minimum absolute atomic E-state index is 0.174. The fourth-order valence-corrected chi connectivity index (χ4v) is 3.28. The van der Waals surface area contributed by atoms with E-state index in [2.05, 4.69) is 11.9 Å².